The van der Waals surface area contributed by atoms with Crippen LogP contribution in [0.2, 0.25) is 0 Å². The molecule has 4 aromatic carbocycles. The zero-order valence-electron chi connectivity index (χ0n) is 15.8. The van der Waals surface area contributed by atoms with Crippen molar-refractivity contribution >= 4 is 15.9 Å². The average molecular weight is 435 g/mol. The second-order valence-corrected chi connectivity index (χ2v) is 9.78. The number of rotatable bonds is 0. The summed E-state index contributed by atoms with van der Waals surface area (Å²) in [7, 11) is 0. The van der Waals surface area contributed by atoms with Gasteiger partial charge < -0.3 is 0 Å². The lowest BCUT2D eigenvalue weighted by molar-refractivity contribution is 0.508. The van der Waals surface area contributed by atoms with Gasteiger partial charge in [0.15, 0.2) is 0 Å². The minimum atomic E-state index is -0.270. The molecule has 0 radical (unpaired) electrons. The third kappa shape index (κ3) is 1.81. The lowest BCUT2D eigenvalue weighted by Gasteiger charge is -2.54. The van der Waals surface area contributed by atoms with Gasteiger partial charge in [-0.3, -0.25) is 0 Å². The first-order chi connectivity index (χ1) is 14.3. The summed E-state index contributed by atoms with van der Waals surface area (Å²) in [5.41, 5.74) is 11.8. The fraction of sp³-hybridized carbons (Fsp3) is 0.143. The molecule has 0 nitrogen and oxygen atoms in total. The molecule has 0 saturated heterocycles. The Morgan fingerprint density at radius 1 is 0.448 bits per heavy atom. The Morgan fingerprint density at radius 3 is 1.28 bits per heavy atom. The Bertz CT molecular complexity index is 1210. The van der Waals surface area contributed by atoms with Crippen LogP contribution in [-0.2, 0) is 4.32 Å². The molecule has 0 saturated carbocycles. The third-order valence-corrected chi connectivity index (χ3v) is 8.70. The number of hydrogen-bond acceptors (Lipinski definition) is 0. The molecule has 0 N–H and O–H groups in total. The quantitative estimate of drug-likeness (QED) is 0.259. The predicted molar refractivity (Wildman–Crippen MR) is 121 cm³/mol. The molecule has 0 spiro atoms. The van der Waals surface area contributed by atoms with E-state index in [1.165, 1.54) is 44.5 Å². The molecule has 4 bridgehead atoms. The van der Waals surface area contributed by atoms with Crippen LogP contribution in [0.3, 0.4) is 0 Å². The van der Waals surface area contributed by atoms with Crippen molar-refractivity contribution in [2.24, 2.45) is 0 Å². The maximum absolute atomic E-state index is 4.41. The van der Waals surface area contributed by atoms with Crippen molar-refractivity contribution in [3.8, 4) is 0 Å². The van der Waals surface area contributed by atoms with E-state index in [1.54, 1.807) is 0 Å². The topological polar surface area (TPSA) is 0 Å². The van der Waals surface area contributed by atoms with Crippen LogP contribution in [0, 0.1) is 0 Å². The second-order valence-electron chi connectivity index (χ2n) is 8.53. The zero-order valence-corrected chi connectivity index (χ0v) is 17.4. The summed E-state index contributed by atoms with van der Waals surface area (Å²) in [6.07, 6.45) is 0. The number of alkyl halides is 1. The van der Waals surface area contributed by atoms with Crippen molar-refractivity contribution in [3.63, 3.8) is 0 Å². The molecule has 6 aliphatic rings. The van der Waals surface area contributed by atoms with Crippen molar-refractivity contribution in [1.29, 1.82) is 0 Å². The van der Waals surface area contributed by atoms with Crippen LogP contribution in [0.25, 0.3) is 0 Å². The first-order valence-electron chi connectivity index (χ1n) is 10.4. The van der Waals surface area contributed by atoms with Crippen molar-refractivity contribution in [2.45, 2.75) is 22.1 Å². The van der Waals surface area contributed by atoms with Crippen LogP contribution >= 0.6 is 15.9 Å². The maximum Gasteiger partial charge on any atom is 0.0869 e. The van der Waals surface area contributed by atoms with E-state index < -0.39 is 0 Å². The molecular formula is C28H19Br. The Hall–Kier alpha value is -2.64. The highest BCUT2D eigenvalue weighted by atomic mass is 79.9. The summed E-state index contributed by atoms with van der Waals surface area (Å²) >= 11 is 4.41. The first-order valence-corrected chi connectivity index (χ1v) is 11.1. The van der Waals surface area contributed by atoms with E-state index in [0.29, 0.717) is 11.8 Å². The largest absolute Gasteiger partial charge is 0.0869 e. The van der Waals surface area contributed by atoms with Crippen LogP contribution in [0.4, 0.5) is 0 Å². The van der Waals surface area contributed by atoms with Gasteiger partial charge in [0.25, 0.3) is 0 Å². The monoisotopic (exact) mass is 434 g/mol. The maximum atomic E-state index is 4.41. The van der Waals surface area contributed by atoms with Crippen molar-refractivity contribution < 1.29 is 0 Å². The summed E-state index contributed by atoms with van der Waals surface area (Å²) in [4.78, 5) is 0. The zero-order chi connectivity index (χ0) is 19.2. The Labute approximate surface area is 179 Å². The smallest absolute Gasteiger partial charge is 0.0738 e. The lowest BCUT2D eigenvalue weighted by Crippen LogP contribution is -2.43. The van der Waals surface area contributed by atoms with E-state index in [2.05, 4.69) is 113 Å². The van der Waals surface area contributed by atoms with Gasteiger partial charge in [-0.1, -0.05) is 113 Å². The molecule has 0 aromatic heterocycles. The predicted octanol–water partition coefficient (Wildman–Crippen LogP) is 7.06. The number of hydrogen-bond donors (Lipinski definition) is 0. The SMILES string of the molecule is BrC12c3ccccc3C(c3ccccc31)C1c3ccccc3C2c2ccccc21. The molecular weight excluding hydrogens is 416 g/mol. The minimum absolute atomic E-state index is 0.245. The normalized spacial score (nSPS) is 27.3. The van der Waals surface area contributed by atoms with Gasteiger partial charge in [0, 0.05) is 17.8 Å². The fourth-order valence-electron chi connectivity index (χ4n) is 6.42. The highest BCUT2D eigenvalue weighted by Crippen LogP contribution is 2.68. The van der Waals surface area contributed by atoms with E-state index in [4.69, 9.17) is 0 Å². The summed E-state index contributed by atoms with van der Waals surface area (Å²) in [6, 6.07) is 36.5. The van der Waals surface area contributed by atoms with Gasteiger partial charge in [-0.2, -0.15) is 0 Å². The number of benzene rings is 4. The van der Waals surface area contributed by atoms with Crippen LogP contribution < -0.4 is 0 Å². The van der Waals surface area contributed by atoms with E-state index in [1.807, 2.05) is 0 Å². The van der Waals surface area contributed by atoms with Gasteiger partial charge in [-0.15, -0.1) is 0 Å². The Balaban J connectivity index is 1.73. The molecule has 29 heavy (non-hydrogen) atoms. The van der Waals surface area contributed by atoms with E-state index in [-0.39, 0.29) is 10.2 Å². The third-order valence-electron chi connectivity index (χ3n) is 7.39. The number of halogens is 1. The van der Waals surface area contributed by atoms with Crippen LogP contribution in [-0.4, -0.2) is 0 Å². The molecule has 0 atom stereocenters. The van der Waals surface area contributed by atoms with Gasteiger partial charge >= 0.3 is 0 Å². The van der Waals surface area contributed by atoms with Crippen LogP contribution in [0.1, 0.15) is 62.3 Å². The average Bonchev–Trinajstić information content (AvgIpc) is 2.77. The second kappa shape index (κ2) is 5.49. The van der Waals surface area contributed by atoms with E-state index in [9.17, 15) is 0 Å². The molecule has 0 fully saturated rings. The molecule has 0 aliphatic heterocycles. The standard InChI is InChI=1S/C28H19Br/c29-28-23-15-7-5-13-21(23)26(22-14-6-8-16-24(22)28)25-17-9-1-3-11-19(17)27(28)20-12-4-2-10-18(20)25/h1-16,25-27H. The molecule has 10 rings (SSSR count). The highest BCUT2D eigenvalue weighted by molar-refractivity contribution is 9.09. The summed E-state index contributed by atoms with van der Waals surface area (Å²) in [5.74, 6) is 0.921. The van der Waals surface area contributed by atoms with Crippen LogP contribution in [0.15, 0.2) is 97.1 Å². The van der Waals surface area contributed by atoms with Gasteiger partial charge in [0.1, 0.15) is 0 Å². The fourth-order valence-corrected chi connectivity index (χ4v) is 7.63. The molecule has 1 heteroatoms. The van der Waals surface area contributed by atoms with E-state index >= 15 is 0 Å². The first kappa shape index (κ1) is 16.2. The Morgan fingerprint density at radius 2 is 0.793 bits per heavy atom. The molecule has 138 valence electrons. The molecule has 0 amide bonds. The molecule has 0 heterocycles. The van der Waals surface area contributed by atoms with E-state index in [0.717, 1.165) is 0 Å². The van der Waals surface area contributed by atoms with Gasteiger partial charge in [0.2, 0.25) is 0 Å². The summed E-state index contributed by atoms with van der Waals surface area (Å²) in [5, 5.41) is 0. The summed E-state index contributed by atoms with van der Waals surface area (Å²) < 4.78 is -0.270. The van der Waals surface area contributed by atoms with Crippen molar-refractivity contribution in [1.82, 2.24) is 0 Å². The lowest BCUT2D eigenvalue weighted by atomic mass is 9.53. The van der Waals surface area contributed by atoms with Crippen LogP contribution in [0.5, 0.6) is 0 Å². The highest BCUT2D eigenvalue weighted by Gasteiger charge is 2.56. The van der Waals surface area contributed by atoms with Crippen molar-refractivity contribution in [3.05, 3.63) is 142 Å². The molecule has 6 aliphatic carbocycles. The van der Waals surface area contributed by atoms with Gasteiger partial charge in [-0.25, -0.2) is 0 Å². The minimum Gasteiger partial charge on any atom is -0.0738 e. The van der Waals surface area contributed by atoms with Gasteiger partial charge in [-0.05, 0) is 44.5 Å². The molecule has 0 unspecified atom stereocenters. The van der Waals surface area contributed by atoms with Gasteiger partial charge in [0.05, 0.1) is 4.32 Å². The summed E-state index contributed by atoms with van der Waals surface area (Å²) in [6.45, 7) is 0. The Kier molecular flexibility index (Phi) is 3.06. The van der Waals surface area contributed by atoms with Crippen molar-refractivity contribution in [2.75, 3.05) is 0 Å². The molecule has 4 aromatic rings.